The highest BCUT2D eigenvalue weighted by Gasteiger charge is 2.63. The molecule has 5 heterocycles. The van der Waals surface area contributed by atoms with Crippen LogP contribution in [0.5, 0.6) is 0 Å². The van der Waals surface area contributed by atoms with E-state index in [4.69, 9.17) is 28.4 Å². The standard InChI is InChI=1S/C35H37F4N9O13/c1-33(2,3)61-32(55)60-25-20(58-27(35(25,38)39)48-12-10-22(41-29(48)52)42-30(53)56-16-18-7-5-4-6-8-18)14-46-13-19(44-45-46)17-57-31(54)43-23-9-11-47(28(51)40-23)26-34(36,37)24(50)21(15-49)59-26/h4-13,20-21,24-27,49-50H,14-17H2,1-3H3,(H,40,43,51,54)(H,41,42,52,53)/t20-,21-,24-,25-,26-,27-/m1/s1. The predicted octanol–water partition coefficient (Wildman–Crippen LogP) is 2.33. The minimum Gasteiger partial charge on any atom is -0.444 e. The molecular formula is C35H37F4N9O13. The van der Waals surface area contributed by atoms with Crippen LogP contribution in [0.4, 0.5) is 43.6 Å². The van der Waals surface area contributed by atoms with Crippen LogP contribution in [0.25, 0.3) is 0 Å². The molecule has 2 aliphatic heterocycles. The van der Waals surface area contributed by atoms with Crippen LogP contribution in [-0.2, 0) is 48.2 Å². The van der Waals surface area contributed by atoms with Gasteiger partial charge in [0.05, 0.1) is 19.3 Å². The number of aliphatic hydroxyl groups is 2. The van der Waals surface area contributed by atoms with E-state index in [1.807, 2.05) is 0 Å². The summed E-state index contributed by atoms with van der Waals surface area (Å²) >= 11 is 0. The van der Waals surface area contributed by atoms with Gasteiger partial charge in [-0.15, -0.1) is 5.10 Å². The number of hydrogen-bond donors (Lipinski definition) is 4. The van der Waals surface area contributed by atoms with E-state index < -0.39 is 110 Å². The van der Waals surface area contributed by atoms with Crippen LogP contribution >= 0.6 is 0 Å². The van der Waals surface area contributed by atoms with Crippen molar-refractivity contribution in [3.63, 3.8) is 0 Å². The fourth-order valence-electron chi connectivity index (χ4n) is 5.90. The molecule has 3 aromatic heterocycles. The summed E-state index contributed by atoms with van der Waals surface area (Å²) in [7, 11) is 0. The Kier molecular flexibility index (Phi) is 12.7. The molecule has 6 atom stereocenters. The summed E-state index contributed by atoms with van der Waals surface area (Å²) in [6.07, 6.45) is -13.7. The largest absolute Gasteiger partial charge is 0.509 e. The molecule has 4 N–H and O–H groups in total. The molecule has 0 aliphatic carbocycles. The zero-order valence-corrected chi connectivity index (χ0v) is 32.1. The number of nitrogens with zero attached hydrogens (tertiary/aromatic N) is 7. The van der Waals surface area contributed by atoms with Gasteiger partial charge in [-0.1, -0.05) is 35.5 Å². The first-order valence-electron chi connectivity index (χ1n) is 18.0. The van der Waals surface area contributed by atoms with Crippen molar-refractivity contribution in [2.24, 2.45) is 0 Å². The van der Waals surface area contributed by atoms with Gasteiger partial charge in [0.25, 0.3) is 0 Å². The van der Waals surface area contributed by atoms with E-state index >= 15 is 8.78 Å². The van der Waals surface area contributed by atoms with Crippen molar-refractivity contribution >= 4 is 30.0 Å². The first-order valence-corrected chi connectivity index (χ1v) is 18.0. The Hall–Kier alpha value is -6.51. The Balaban J connectivity index is 1.10. The Morgan fingerprint density at radius 1 is 0.836 bits per heavy atom. The van der Waals surface area contributed by atoms with Crippen LogP contribution in [0.3, 0.4) is 0 Å². The van der Waals surface area contributed by atoms with Crippen LogP contribution < -0.4 is 22.0 Å². The summed E-state index contributed by atoms with van der Waals surface area (Å²) in [5.74, 6) is -8.83. The quantitative estimate of drug-likeness (QED) is 0.0904. The average molecular weight is 868 g/mol. The molecule has 328 valence electrons. The van der Waals surface area contributed by atoms with Crippen LogP contribution in [0, 0.1) is 0 Å². The third kappa shape index (κ3) is 10.3. The second kappa shape index (κ2) is 17.6. The van der Waals surface area contributed by atoms with Crippen LogP contribution in [0.1, 0.15) is 44.5 Å². The van der Waals surface area contributed by atoms with E-state index in [1.165, 1.54) is 20.8 Å². The molecule has 2 aliphatic rings. The van der Waals surface area contributed by atoms with Crippen LogP contribution in [-0.4, -0.2) is 111 Å². The van der Waals surface area contributed by atoms with Crippen molar-refractivity contribution < 1.29 is 70.6 Å². The molecule has 0 saturated carbocycles. The van der Waals surface area contributed by atoms with Crippen molar-refractivity contribution in [3.8, 4) is 0 Å². The molecule has 0 bridgehead atoms. The number of alkyl halides is 4. The number of carbonyl (C=O) groups is 3. The lowest BCUT2D eigenvalue weighted by Crippen LogP contribution is -2.45. The fraction of sp³-hybridized carbons (Fsp3) is 0.457. The number of anilines is 2. The number of ether oxygens (including phenoxy) is 6. The summed E-state index contributed by atoms with van der Waals surface area (Å²) in [6, 6.07) is 10.7. The number of nitrogens with one attached hydrogen (secondary N) is 2. The zero-order chi connectivity index (χ0) is 44.3. The lowest BCUT2D eigenvalue weighted by atomic mass is 10.1. The van der Waals surface area contributed by atoms with Crippen molar-refractivity contribution in [1.29, 1.82) is 0 Å². The second-order valence-corrected chi connectivity index (χ2v) is 14.4. The molecule has 2 saturated heterocycles. The SMILES string of the molecule is CC(C)(C)OC(=O)O[C@@H]1[C@@H](Cn2cc(COC(=O)Nc3ccn([C@@H]4O[C@H](CO)[C@@H](O)C4(F)F)c(=O)n3)nn2)O[C@@H](n2ccc(NC(=O)OCc3ccccc3)nc2=O)C1(F)F. The molecule has 0 spiro atoms. The Morgan fingerprint density at radius 2 is 1.39 bits per heavy atom. The molecule has 1 aromatic carbocycles. The fourth-order valence-corrected chi connectivity index (χ4v) is 5.90. The van der Waals surface area contributed by atoms with E-state index in [9.17, 15) is 43.0 Å². The Morgan fingerprint density at radius 3 is 1.93 bits per heavy atom. The number of halogens is 4. The molecule has 0 unspecified atom stereocenters. The molecular weight excluding hydrogens is 830 g/mol. The van der Waals surface area contributed by atoms with Gasteiger partial charge in [0.1, 0.15) is 48.4 Å². The van der Waals surface area contributed by atoms with E-state index in [0.29, 0.717) is 14.7 Å². The minimum atomic E-state index is -4.11. The maximum Gasteiger partial charge on any atom is 0.509 e. The topological polar surface area (TPSA) is 272 Å². The van der Waals surface area contributed by atoms with Gasteiger partial charge in [0.15, 0.2) is 6.10 Å². The number of amides is 2. The predicted molar refractivity (Wildman–Crippen MR) is 193 cm³/mol. The highest BCUT2D eigenvalue weighted by Crippen LogP contribution is 2.45. The van der Waals surface area contributed by atoms with Gasteiger partial charge in [-0.2, -0.15) is 27.5 Å². The van der Waals surface area contributed by atoms with Crippen LogP contribution in [0.15, 0.2) is 70.6 Å². The monoisotopic (exact) mass is 867 g/mol. The number of aromatic nitrogens is 7. The van der Waals surface area contributed by atoms with Gasteiger partial charge in [0.2, 0.25) is 18.6 Å². The first kappa shape index (κ1) is 44.1. The van der Waals surface area contributed by atoms with E-state index in [1.54, 1.807) is 30.3 Å². The lowest BCUT2D eigenvalue weighted by molar-refractivity contribution is -0.149. The second-order valence-electron chi connectivity index (χ2n) is 14.4. The summed E-state index contributed by atoms with van der Waals surface area (Å²) < 4.78 is 93.7. The molecule has 22 nitrogen and oxygen atoms in total. The number of aliphatic hydroxyl groups excluding tert-OH is 2. The molecule has 0 radical (unpaired) electrons. The molecule has 61 heavy (non-hydrogen) atoms. The summed E-state index contributed by atoms with van der Waals surface area (Å²) in [5.41, 5.74) is -3.11. The van der Waals surface area contributed by atoms with Crippen molar-refractivity contribution in [1.82, 2.24) is 34.1 Å². The van der Waals surface area contributed by atoms with Gasteiger partial charge in [-0.25, -0.2) is 28.7 Å². The van der Waals surface area contributed by atoms with Crippen molar-refractivity contribution in [3.05, 3.63) is 93.3 Å². The molecule has 2 amide bonds. The van der Waals surface area contributed by atoms with Gasteiger partial charge in [-0.05, 0) is 38.5 Å². The number of carbonyl (C=O) groups excluding carboxylic acids is 3. The third-order valence-electron chi connectivity index (χ3n) is 8.66. The minimum absolute atomic E-state index is 0.0483. The van der Waals surface area contributed by atoms with E-state index in [0.717, 1.165) is 35.4 Å². The maximum atomic E-state index is 16.1. The van der Waals surface area contributed by atoms with Gasteiger partial charge in [0, 0.05) is 12.4 Å². The lowest BCUT2D eigenvalue weighted by Gasteiger charge is -2.26. The first-order chi connectivity index (χ1) is 28.7. The summed E-state index contributed by atoms with van der Waals surface area (Å²) in [5, 5.41) is 30.8. The Bertz CT molecular complexity index is 2340. The maximum absolute atomic E-state index is 16.1. The van der Waals surface area contributed by atoms with Gasteiger partial charge < -0.3 is 38.6 Å². The van der Waals surface area contributed by atoms with Gasteiger partial charge in [-0.3, -0.25) is 19.8 Å². The van der Waals surface area contributed by atoms with Crippen LogP contribution in [0.2, 0.25) is 0 Å². The third-order valence-corrected chi connectivity index (χ3v) is 8.66. The molecule has 4 aromatic rings. The number of hydrogen-bond acceptors (Lipinski definition) is 17. The van der Waals surface area contributed by atoms with E-state index in [2.05, 4.69) is 30.9 Å². The zero-order valence-electron chi connectivity index (χ0n) is 32.1. The average Bonchev–Trinajstić information content (AvgIpc) is 3.81. The number of benzene rings is 1. The summed E-state index contributed by atoms with van der Waals surface area (Å²) in [6.45, 7) is 2.20. The number of rotatable bonds is 12. The normalized spacial score (nSPS) is 22.9. The Labute approximate surface area is 339 Å². The molecule has 6 rings (SSSR count). The van der Waals surface area contributed by atoms with Crippen molar-refractivity contribution in [2.75, 3.05) is 17.2 Å². The summed E-state index contributed by atoms with van der Waals surface area (Å²) in [4.78, 5) is 69.9. The van der Waals surface area contributed by atoms with Crippen molar-refractivity contribution in [2.45, 2.75) is 94.8 Å². The van der Waals surface area contributed by atoms with Gasteiger partial charge >= 0.3 is 41.6 Å². The molecule has 26 heteroatoms. The van der Waals surface area contributed by atoms with E-state index in [-0.39, 0.29) is 18.1 Å². The highest BCUT2D eigenvalue weighted by molar-refractivity contribution is 5.83. The smallest absolute Gasteiger partial charge is 0.444 e. The molecule has 2 fully saturated rings. The highest BCUT2D eigenvalue weighted by atomic mass is 19.3.